The van der Waals surface area contributed by atoms with Crippen molar-refractivity contribution < 1.29 is 23.9 Å². The Bertz CT molecular complexity index is 622. The summed E-state index contributed by atoms with van der Waals surface area (Å²) in [5.74, 6) is -1.09. The van der Waals surface area contributed by atoms with E-state index in [4.69, 9.17) is 16.3 Å². The molecule has 0 aliphatic carbocycles. The van der Waals surface area contributed by atoms with E-state index in [1.165, 1.54) is 25.3 Å². The third-order valence-corrected chi connectivity index (χ3v) is 3.08. The van der Waals surface area contributed by atoms with Crippen LogP contribution in [0.1, 0.15) is 54.3 Å². The van der Waals surface area contributed by atoms with Crippen LogP contribution >= 0.6 is 11.6 Å². The fourth-order valence-corrected chi connectivity index (χ4v) is 1.97. The van der Waals surface area contributed by atoms with E-state index in [2.05, 4.69) is 10.1 Å². The number of amides is 1. The standard InChI is InChI=1S/C17H22ClNO5/c1-17(2,3)24-16(22)12-8-11(15(21)23-4)9-13(10-12)19-14(20)6-5-7-18/h8-10H,5-7H2,1-4H3,(H,19,20). The lowest BCUT2D eigenvalue weighted by Crippen LogP contribution is -2.24. The molecule has 1 aromatic rings. The molecule has 0 fully saturated rings. The van der Waals surface area contributed by atoms with Gasteiger partial charge in [0.15, 0.2) is 0 Å². The van der Waals surface area contributed by atoms with Gasteiger partial charge in [0.1, 0.15) is 5.60 Å². The quantitative estimate of drug-likeness (QED) is 0.624. The van der Waals surface area contributed by atoms with Gasteiger partial charge in [-0.15, -0.1) is 11.6 Å². The van der Waals surface area contributed by atoms with Crippen LogP contribution in [0.4, 0.5) is 5.69 Å². The van der Waals surface area contributed by atoms with Crippen LogP contribution in [-0.2, 0) is 14.3 Å². The molecule has 0 radical (unpaired) electrons. The SMILES string of the molecule is COC(=O)c1cc(NC(=O)CCCCl)cc(C(=O)OC(C)(C)C)c1. The smallest absolute Gasteiger partial charge is 0.338 e. The molecule has 0 unspecified atom stereocenters. The average Bonchev–Trinajstić information content (AvgIpc) is 2.50. The number of esters is 2. The van der Waals surface area contributed by atoms with Gasteiger partial charge >= 0.3 is 11.9 Å². The predicted octanol–water partition coefficient (Wildman–Crippen LogP) is 3.39. The lowest BCUT2D eigenvalue weighted by molar-refractivity contribution is -0.116. The van der Waals surface area contributed by atoms with Crippen LogP contribution in [0, 0.1) is 0 Å². The highest BCUT2D eigenvalue weighted by atomic mass is 35.5. The lowest BCUT2D eigenvalue weighted by atomic mass is 10.1. The zero-order chi connectivity index (χ0) is 18.3. The highest BCUT2D eigenvalue weighted by Crippen LogP contribution is 2.19. The van der Waals surface area contributed by atoms with Crippen molar-refractivity contribution in [2.75, 3.05) is 18.3 Å². The van der Waals surface area contributed by atoms with Crippen LogP contribution < -0.4 is 5.32 Å². The highest BCUT2D eigenvalue weighted by Gasteiger charge is 2.20. The minimum absolute atomic E-state index is 0.147. The average molecular weight is 356 g/mol. The molecular formula is C17H22ClNO5. The van der Waals surface area contributed by atoms with E-state index in [9.17, 15) is 14.4 Å². The second kappa shape index (κ2) is 8.68. The number of anilines is 1. The van der Waals surface area contributed by atoms with E-state index in [1.807, 2.05) is 0 Å². The first-order valence-corrected chi connectivity index (χ1v) is 8.02. The van der Waals surface area contributed by atoms with Crippen LogP contribution in [0.3, 0.4) is 0 Å². The summed E-state index contributed by atoms with van der Waals surface area (Å²) in [5.41, 5.74) is -0.0606. The summed E-state index contributed by atoms with van der Waals surface area (Å²) in [6.45, 7) is 5.22. The minimum atomic E-state index is -0.678. The predicted molar refractivity (Wildman–Crippen MR) is 91.5 cm³/mol. The van der Waals surface area contributed by atoms with E-state index in [1.54, 1.807) is 20.8 Å². The molecule has 0 saturated carbocycles. The largest absolute Gasteiger partial charge is 0.465 e. The summed E-state index contributed by atoms with van der Waals surface area (Å²) in [5, 5.41) is 2.64. The summed E-state index contributed by atoms with van der Waals surface area (Å²) < 4.78 is 9.97. The Balaban J connectivity index is 3.10. The Hall–Kier alpha value is -2.08. The lowest BCUT2D eigenvalue weighted by Gasteiger charge is -2.20. The summed E-state index contributed by atoms with van der Waals surface area (Å²) in [4.78, 5) is 35.8. The number of benzene rings is 1. The van der Waals surface area contributed by atoms with Gasteiger partial charge in [-0.05, 0) is 45.4 Å². The molecule has 0 aliphatic heterocycles. The maximum Gasteiger partial charge on any atom is 0.338 e. The first-order valence-electron chi connectivity index (χ1n) is 7.49. The van der Waals surface area contributed by atoms with E-state index >= 15 is 0 Å². The van der Waals surface area contributed by atoms with Crippen molar-refractivity contribution in [3.05, 3.63) is 29.3 Å². The van der Waals surface area contributed by atoms with Crippen LogP contribution in [-0.4, -0.2) is 36.4 Å². The first kappa shape index (κ1) is 20.0. The van der Waals surface area contributed by atoms with Crippen molar-refractivity contribution >= 4 is 35.1 Å². The van der Waals surface area contributed by atoms with E-state index < -0.39 is 17.5 Å². The fourth-order valence-electron chi connectivity index (χ4n) is 1.84. The molecule has 1 N–H and O–H groups in total. The number of carbonyl (C=O) groups excluding carboxylic acids is 3. The van der Waals surface area contributed by atoms with E-state index in [-0.39, 0.29) is 23.5 Å². The maximum absolute atomic E-state index is 12.2. The van der Waals surface area contributed by atoms with Gasteiger partial charge < -0.3 is 14.8 Å². The molecule has 1 amide bonds. The zero-order valence-electron chi connectivity index (χ0n) is 14.3. The Morgan fingerprint density at radius 1 is 1.08 bits per heavy atom. The molecular weight excluding hydrogens is 334 g/mol. The molecule has 0 saturated heterocycles. The topological polar surface area (TPSA) is 81.7 Å². The Labute approximate surface area is 146 Å². The van der Waals surface area contributed by atoms with Crippen LogP contribution in [0.15, 0.2) is 18.2 Å². The van der Waals surface area contributed by atoms with Crippen molar-refractivity contribution in [2.24, 2.45) is 0 Å². The molecule has 132 valence electrons. The second-order valence-corrected chi connectivity index (χ2v) is 6.51. The van der Waals surface area contributed by atoms with Crippen molar-refractivity contribution in [2.45, 2.75) is 39.2 Å². The number of carbonyl (C=O) groups is 3. The molecule has 1 aromatic carbocycles. The van der Waals surface area contributed by atoms with Gasteiger partial charge in [0, 0.05) is 18.0 Å². The Morgan fingerprint density at radius 3 is 2.17 bits per heavy atom. The van der Waals surface area contributed by atoms with E-state index in [0.29, 0.717) is 18.0 Å². The summed E-state index contributed by atoms with van der Waals surface area (Å²) in [6, 6.07) is 4.27. The molecule has 0 aromatic heterocycles. The van der Waals surface area contributed by atoms with Crippen molar-refractivity contribution in [3.8, 4) is 0 Å². The molecule has 6 nitrogen and oxygen atoms in total. The van der Waals surface area contributed by atoms with Gasteiger partial charge in [-0.3, -0.25) is 4.79 Å². The number of nitrogens with one attached hydrogen (secondary N) is 1. The van der Waals surface area contributed by atoms with Gasteiger partial charge in [-0.1, -0.05) is 0 Å². The number of ether oxygens (including phenoxy) is 2. The number of hydrogen-bond donors (Lipinski definition) is 1. The van der Waals surface area contributed by atoms with Gasteiger partial charge in [0.05, 0.1) is 18.2 Å². The zero-order valence-corrected chi connectivity index (χ0v) is 15.0. The summed E-state index contributed by atoms with van der Waals surface area (Å²) >= 11 is 5.56. The maximum atomic E-state index is 12.2. The molecule has 0 spiro atoms. The molecule has 0 bridgehead atoms. The molecule has 0 aliphatic rings. The van der Waals surface area contributed by atoms with Crippen molar-refractivity contribution in [1.82, 2.24) is 0 Å². The Morgan fingerprint density at radius 2 is 1.67 bits per heavy atom. The van der Waals surface area contributed by atoms with Crippen molar-refractivity contribution in [1.29, 1.82) is 0 Å². The van der Waals surface area contributed by atoms with Crippen LogP contribution in [0.25, 0.3) is 0 Å². The summed E-state index contributed by atoms with van der Waals surface area (Å²) in [7, 11) is 1.24. The number of rotatable bonds is 6. The molecule has 24 heavy (non-hydrogen) atoms. The molecule has 7 heteroatoms. The number of halogens is 1. The van der Waals surface area contributed by atoms with Crippen LogP contribution in [0.2, 0.25) is 0 Å². The number of alkyl halides is 1. The van der Waals surface area contributed by atoms with Gasteiger partial charge in [0.25, 0.3) is 0 Å². The normalized spacial score (nSPS) is 10.9. The fraction of sp³-hybridized carbons (Fsp3) is 0.471. The number of hydrogen-bond acceptors (Lipinski definition) is 5. The second-order valence-electron chi connectivity index (χ2n) is 6.13. The highest BCUT2D eigenvalue weighted by molar-refractivity contribution is 6.18. The molecule has 0 atom stereocenters. The molecule has 0 heterocycles. The number of methoxy groups -OCH3 is 1. The third-order valence-electron chi connectivity index (χ3n) is 2.81. The third kappa shape index (κ3) is 6.58. The first-order chi connectivity index (χ1) is 11.2. The minimum Gasteiger partial charge on any atom is -0.465 e. The van der Waals surface area contributed by atoms with Crippen LogP contribution in [0.5, 0.6) is 0 Å². The Kier molecular flexibility index (Phi) is 7.22. The van der Waals surface area contributed by atoms with Gasteiger partial charge in [-0.25, -0.2) is 9.59 Å². The monoisotopic (exact) mass is 355 g/mol. The van der Waals surface area contributed by atoms with Gasteiger partial charge in [-0.2, -0.15) is 0 Å². The van der Waals surface area contributed by atoms with Crippen molar-refractivity contribution in [3.63, 3.8) is 0 Å². The van der Waals surface area contributed by atoms with E-state index in [0.717, 1.165) is 0 Å². The van der Waals surface area contributed by atoms with Gasteiger partial charge in [0.2, 0.25) is 5.91 Å². The molecule has 1 rings (SSSR count). The summed E-state index contributed by atoms with van der Waals surface area (Å²) in [6.07, 6.45) is 0.775.